The minimum absolute atomic E-state index is 0.455. The van der Waals surface area contributed by atoms with Crippen molar-refractivity contribution in [2.45, 2.75) is 33.4 Å². The Hall–Kier alpha value is -0.990. The molecule has 86 valence electrons. The van der Waals surface area contributed by atoms with E-state index < -0.39 is 0 Å². The third-order valence-corrected chi connectivity index (χ3v) is 2.90. The summed E-state index contributed by atoms with van der Waals surface area (Å²) in [6, 6.07) is 6.18. The SMILES string of the molecule is Cc1c(CNC(C)C)oc2ccc(Cl)cc12. The standard InChI is InChI=1S/C13H16ClNO/c1-8(2)15-7-13-9(3)11-6-10(14)4-5-12(11)16-13/h4-6,8,15H,7H2,1-3H3. The number of aryl methyl sites for hydroxylation is 1. The highest BCUT2D eigenvalue weighted by Crippen LogP contribution is 2.27. The maximum absolute atomic E-state index is 5.97. The van der Waals surface area contributed by atoms with Crippen LogP contribution in [0, 0.1) is 6.92 Å². The Bertz CT molecular complexity index is 502. The smallest absolute Gasteiger partial charge is 0.134 e. The number of hydrogen-bond acceptors (Lipinski definition) is 2. The van der Waals surface area contributed by atoms with Crippen LogP contribution in [-0.4, -0.2) is 6.04 Å². The molecule has 0 radical (unpaired) electrons. The first-order valence-electron chi connectivity index (χ1n) is 5.49. The minimum atomic E-state index is 0.455. The van der Waals surface area contributed by atoms with Crippen LogP contribution < -0.4 is 5.32 Å². The van der Waals surface area contributed by atoms with E-state index >= 15 is 0 Å². The molecule has 0 unspecified atom stereocenters. The molecule has 3 heteroatoms. The average molecular weight is 238 g/mol. The normalized spacial score (nSPS) is 11.6. The summed E-state index contributed by atoms with van der Waals surface area (Å²) in [7, 11) is 0. The third kappa shape index (κ3) is 2.23. The molecule has 16 heavy (non-hydrogen) atoms. The number of halogens is 1. The van der Waals surface area contributed by atoms with Gasteiger partial charge in [-0.3, -0.25) is 0 Å². The van der Waals surface area contributed by atoms with Gasteiger partial charge in [0.2, 0.25) is 0 Å². The number of hydrogen-bond donors (Lipinski definition) is 1. The molecule has 1 aromatic heterocycles. The first-order chi connectivity index (χ1) is 7.58. The molecule has 0 aliphatic heterocycles. The van der Waals surface area contributed by atoms with Gasteiger partial charge >= 0.3 is 0 Å². The molecule has 0 spiro atoms. The molecule has 2 aromatic rings. The van der Waals surface area contributed by atoms with E-state index in [4.69, 9.17) is 16.0 Å². The zero-order chi connectivity index (χ0) is 11.7. The van der Waals surface area contributed by atoms with Gasteiger partial charge < -0.3 is 9.73 Å². The van der Waals surface area contributed by atoms with Crippen molar-refractivity contribution in [3.8, 4) is 0 Å². The Labute approximate surface area is 101 Å². The van der Waals surface area contributed by atoms with Crippen molar-refractivity contribution in [2.75, 3.05) is 0 Å². The quantitative estimate of drug-likeness (QED) is 0.876. The Morgan fingerprint density at radius 2 is 2.12 bits per heavy atom. The van der Waals surface area contributed by atoms with Gasteiger partial charge in [-0.2, -0.15) is 0 Å². The molecule has 0 saturated carbocycles. The van der Waals surface area contributed by atoms with Crippen LogP contribution in [0.3, 0.4) is 0 Å². The van der Waals surface area contributed by atoms with Gasteiger partial charge in [-0.25, -0.2) is 0 Å². The van der Waals surface area contributed by atoms with E-state index in [-0.39, 0.29) is 0 Å². The van der Waals surface area contributed by atoms with Crippen molar-refractivity contribution in [3.63, 3.8) is 0 Å². The van der Waals surface area contributed by atoms with E-state index in [2.05, 4.69) is 26.1 Å². The molecule has 1 aromatic carbocycles. The van der Waals surface area contributed by atoms with E-state index in [9.17, 15) is 0 Å². The van der Waals surface area contributed by atoms with E-state index in [1.54, 1.807) is 0 Å². The molecule has 0 aliphatic rings. The Kier molecular flexibility index (Phi) is 3.22. The lowest BCUT2D eigenvalue weighted by Gasteiger charge is -2.05. The van der Waals surface area contributed by atoms with Crippen molar-refractivity contribution < 1.29 is 4.42 Å². The monoisotopic (exact) mass is 237 g/mol. The van der Waals surface area contributed by atoms with Crippen LogP contribution in [0.5, 0.6) is 0 Å². The van der Waals surface area contributed by atoms with Crippen molar-refractivity contribution >= 4 is 22.6 Å². The lowest BCUT2D eigenvalue weighted by Crippen LogP contribution is -2.21. The van der Waals surface area contributed by atoms with Crippen LogP contribution in [0.4, 0.5) is 0 Å². The molecule has 0 atom stereocenters. The molecular formula is C13H16ClNO. The molecule has 0 bridgehead atoms. The van der Waals surface area contributed by atoms with Gasteiger partial charge in [-0.1, -0.05) is 25.4 Å². The molecule has 0 aliphatic carbocycles. The fourth-order valence-electron chi connectivity index (χ4n) is 1.71. The van der Waals surface area contributed by atoms with Crippen molar-refractivity contribution in [1.29, 1.82) is 0 Å². The van der Waals surface area contributed by atoms with E-state index in [1.807, 2.05) is 18.2 Å². The summed E-state index contributed by atoms with van der Waals surface area (Å²) in [5, 5.41) is 5.21. The van der Waals surface area contributed by atoms with Gasteiger partial charge in [0.15, 0.2) is 0 Å². The van der Waals surface area contributed by atoms with Gasteiger partial charge in [0.25, 0.3) is 0 Å². The zero-order valence-corrected chi connectivity index (χ0v) is 10.6. The number of benzene rings is 1. The van der Waals surface area contributed by atoms with Crippen molar-refractivity contribution in [2.24, 2.45) is 0 Å². The average Bonchev–Trinajstić information content (AvgIpc) is 2.53. The van der Waals surface area contributed by atoms with Gasteiger partial charge in [-0.05, 0) is 30.7 Å². The number of furan rings is 1. The van der Waals surface area contributed by atoms with Gasteiger partial charge in [0.1, 0.15) is 11.3 Å². The van der Waals surface area contributed by atoms with Gasteiger partial charge in [0.05, 0.1) is 6.54 Å². The molecule has 2 nitrogen and oxygen atoms in total. The van der Waals surface area contributed by atoms with Crippen LogP contribution in [0.15, 0.2) is 22.6 Å². The summed E-state index contributed by atoms with van der Waals surface area (Å²) in [6.07, 6.45) is 0. The first-order valence-corrected chi connectivity index (χ1v) is 5.86. The molecule has 1 N–H and O–H groups in total. The maximum Gasteiger partial charge on any atom is 0.134 e. The van der Waals surface area contributed by atoms with Crippen LogP contribution >= 0.6 is 11.6 Å². The molecule has 0 fully saturated rings. The third-order valence-electron chi connectivity index (χ3n) is 2.67. The van der Waals surface area contributed by atoms with Gasteiger partial charge in [-0.15, -0.1) is 0 Å². The predicted molar refractivity (Wildman–Crippen MR) is 67.9 cm³/mol. The molecule has 0 amide bonds. The zero-order valence-electron chi connectivity index (χ0n) is 9.80. The Morgan fingerprint density at radius 1 is 1.38 bits per heavy atom. The topological polar surface area (TPSA) is 25.2 Å². The Morgan fingerprint density at radius 3 is 2.81 bits per heavy atom. The van der Waals surface area contributed by atoms with Gasteiger partial charge in [0, 0.05) is 16.5 Å². The second kappa shape index (κ2) is 4.48. The summed E-state index contributed by atoms with van der Waals surface area (Å²) < 4.78 is 5.78. The second-order valence-electron chi connectivity index (χ2n) is 4.33. The summed E-state index contributed by atoms with van der Waals surface area (Å²) in [6.45, 7) is 7.07. The summed E-state index contributed by atoms with van der Waals surface area (Å²) in [5.41, 5.74) is 2.08. The lowest BCUT2D eigenvalue weighted by molar-refractivity contribution is 0.485. The first kappa shape index (κ1) is 11.5. The van der Waals surface area contributed by atoms with Crippen LogP contribution in [0.1, 0.15) is 25.2 Å². The predicted octanol–water partition coefficient (Wildman–Crippen LogP) is 3.89. The number of nitrogens with one attached hydrogen (secondary N) is 1. The van der Waals surface area contributed by atoms with E-state index in [0.717, 1.165) is 28.3 Å². The number of rotatable bonds is 3. The Balaban J connectivity index is 2.36. The van der Waals surface area contributed by atoms with Crippen LogP contribution in [0.2, 0.25) is 5.02 Å². The van der Waals surface area contributed by atoms with Crippen molar-refractivity contribution in [3.05, 3.63) is 34.5 Å². The molecule has 2 rings (SSSR count). The summed E-state index contributed by atoms with van der Waals surface area (Å²) in [5.74, 6) is 0.992. The fourth-order valence-corrected chi connectivity index (χ4v) is 1.88. The highest BCUT2D eigenvalue weighted by molar-refractivity contribution is 6.31. The fraction of sp³-hybridized carbons (Fsp3) is 0.385. The lowest BCUT2D eigenvalue weighted by atomic mass is 10.1. The van der Waals surface area contributed by atoms with E-state index in [1.165, 1.54) is 5.56 Å². The minimum Gasteiger partial charge on any atom is -0.459 e. The van der Waals surface area contributed by atoms with Crippen LogP contribution in [0.25, 0.3) is 11.0 Å². The maximum atomic E-state index is 5.97. The molecular weight excluding hydrogens is 222 g/mol. The van der Waals surface area contributed by atoms with Crippen LogP contribution in [-0.2, 0) is 6.54 Å². The second-order valence-corrected chi connectivity index (χ2v) is 4.76. The molecule has 1 heterocycles. The highest BCUT2D eigenvalue weighted by Gasteiger charge is 2.10. The highest BCUT2D eigenvalue weighted by atomic mass is 35.5. The summed E-state index contributed by atoms with van der Waals surface area (Å²) >= 11 is 5.97. The van der Waals surface area contributed by atoms with E-state index in [0.29, 0.717) is 6.04 Å². The largest absolute Gasteiger partial charge is 0.459 e. The molecule has 0 saturated heterocycles. The number of fused-ring (bicyclic) bond motifs is 1. The summed E-state index contributed by atoms with van der Waals surface area (Å²) in [4.78, 5) is 0. The van der Waals surface area contributed by atoms with Crippen molar-refractivity contribution in [1.82, 2.24) is 5.32 Å².